The molecule has 0 spiro atoms. The van der Waals surface area contributed by atoms with Crippen LogP contribution in [0.2, 0.25) is 0 Å². The summed E-state index contributed by atoms with van der Waals surface area (Å²) in [5.74, 6) is 1.00. The lowest BCUT2D eigenvalue weighted by Crippen LogP contribution is -2.01. The van der Waals surface area contributed by atoms with Crippen molar-refractivity contribution in [3.05, 3.63) is 53.0 Å². The maximum absolute atomic E-state index is 5.39. The van der Waals surface area contributed by atoms with E-state index < -0.39 is 0 Å². The molecule has 2 rings (SSSR count). The number of rotatable bonds is 3. The van der Waals surface area contributed by atoms with Crippen LogP contribution in [0, 0.1) is 20.8 Å². The Morgan fingerprint density at radius 2 is 1.88 bits per heavy atom. The molecule has 0 unspecified atom stereocenters. The highest BCUT2D eigenvalue weighted by atomic mass is 16.3. The van der Waals surface area contributed by atoms with Crippen molar-refractivity contribution in [1.29, 1.82) is 0 Å². The Labute approximate surface area is 96.3 Å². The van der Waals surface area contributed by atoms with Gasteiger partial charge in [0, 0.05) is 5.69 Å². The lowest BCUT2D eigenvalue weighted by atomic mass is 10.1. The molecule has 0 aliphatic rings. The molecular formula is C14H17NO. The van der Waals surface area contributed by atoms with Crippen LogP contribution in [0.3, 0.4) is 0 Å². The Balaban J connectivity index is 2.10. The van der Waals surface area contributed by atoms with Gasteiger partial charge in [-0.25, -0.2) is 0 Å². The summed E-state index contributed by atoms with van der Waals surface area (Å²) < 4.78 is 5.39. The molecule has 0 aliphatic heterocycles. The van der Waals surface area contributed by atoms with E-state index in [9.17, 15) is 0 Å². The van der Waals surface area contributed by atoms with Crippen molar-refractivity contribution in [2.75, 3.05) is 5.32 Å². The first-order valence-corrected chi connectivity index (χ1v) is 5.51. The van der Waals surface area contributed by atoms with E-state index in [4.69, 9.17) is 4.42 Å². The second-order valence-corrected chi connectivity index (χ2v) is 4.20. The third kappa shape index (κ3) is 2.27. The van der Waals surface area contributed by atoms with Gasteiger partial charge in [-0.3, -0.25) is 0 Å². The molecule has 0 saturated carbocycles. The van der Waals surface area contributed by atoms with E-state index in [1.54, 1.807) is 6.26 Å². The van der Waals surface area contributed by atoms with E-state index in [0.29, 0.717) is 0 Å². The molecule has 2 aromatic rings. The first-order chi connectivity index (χ1) is 7.66. The van der Waals surface area contributed by atoms with Crippen LogP contribution in [0.1, 0.15) is 22.5 Å². The molecule has 2 heteroatoms. The van der Waals surface area contributed by atoms with E-state index in [0.717, 1.165) is 12.3 Å². The molecule has 1 aromatic carbocycles. The number of hydrogen-bond acceptors (Lipinski definition) is 2. The fraction of sp³-hybridized carbons (Fsp3) is 0.286. The molecule has 0 bridgehead atoms. The summed E-state index contributed by atoms with van der Waals surface area (Å²) in [4.78, 5) is 0. The fourth-order valence-electron chi connectivity index (χ4n) is 1.69. The number of aryl methyl sites for hydroxylation is 3. The van der Waals surface area contributed by atoms with Gasteiger partial charge in [0.15, 0.2) is 0 Å². The Hall–Kier alpha value is -1.70. The Morgan fingerprint density at radius 1 is 1.06 bits per heavy atom. The maximum atomic E-state index is 5.39. The van der Waals surface area contributed by atoms with Gasteiger partial charge < -0.3 is 9.73 Å². The molecule has 1 heterocycles. The topological polar surface area (TPSA) is 25.2 Å². The average Bonchev–Trinajstić information content (AvgIpc) is 2.66. The van der Waals surface area contributed by atoms with Gasteiger partial charge in [-0.05, 0) is 49.6 Å². The zero-order chi connectivity index (χ0) is 11.5. The van der Waals surface area contributed by atoms with Gasteiger partial charge in [0.05, 0.1) is 12.8 Å². The first-order valence-electron chi connectivity index (χ1n) is 5.51. The molecule has 1 aromatic heterocycles. The van der Waals surface area contributed by atoms with Crippen molar-refractivity contribution in [2.24, 2.45) is 0 Å². The standard InChI is InChI=1S/C14H17NO/c1-10-4-5-11(2)13(8-10)15-9-14-12(3)6-7-16-14/h4-8,15H,9H2,1-3H3. The van der Waals surface area contributed by atoms with Gasteiger partial charge in [0.25, 0.3) is 0 Å². The Morgan fingerprint density at radius 3 is 2.56 bits per heavy atom. The van der Waals surface area contributed by atoms with Crippen molar-refractivity contribution in [1.82, 2.24) is 0 Å². The van der Waals surface area contributed by atoms with Crippen molar-refractivity contribution in [3.8, 4) is 0 Å². The van der Waals surface area contributed by atoms with Crippen molar-refractivity contribution < 1.29 is 4.42 Å². The SMILES string of the molecule is Cc1ccc(C)c(NCc2occc2C)c1. The number of anilines is 1. The van der Waals surface area contributed by atoms with Gasteiger partial charge in [0.2, 0.25) is 0 Å². The van der Waals surface area contributed by atoms with Gasteiger partial charge in [-0.2, -0.15) is 0 Å². The predicted molar refractivity (Wildman–Crippen MR) is 66.7 cm³/mol. The van der Waals surface area contributed by atoms with E-state index in [2.05, 4.69) is 44.3 Å². The third-order valence-electron chi connectivity index (χ3n) is 2.80. The largest absolute Gasteiger partial charge is 0.467 e. The second kappa shape index (κ2) is 4.44. The summed E-state index contributed by atoms with van der Waals surface area (Å²) in [5, 5.41) is 3.40. The van der Waals surface area contributed by atoms with Crippen LogP contribution < -0.4 is 5.32 Å². The van der Waals surface area contributed by atoms with E-state index in [1.165, 1.54) is 22.4 Å². The minimum atomic E-state index is 0.739. The molecule has 0 atom stereocenters. The van der Waals surface area contributed by atoms with Crippen LogP contribution in [0.5, 0.6) is 0 Å². The molecule has 0 amide bonds. The predicted octanol–water partition coefficient (Wildman–Crippen LogP) is 3.82. The summed E-state index contributed by atoms with van der Waals surface area (Å²) in [6.07, 6.45) is 1.73. The highest BCUT2D eigenvalue weighted by molar-refractivity contribution is 5.52. The molecule has 84 valence electrons. The number of nitrogens with one attached hydrogen (secondary N) is 1. The third-order valence-corrected chi connectivity index (χ3v) is 2.80. The normalized spacial score (nSPS) is 10.4. The van der Waals surface area contributed by atoms with Gasteiger partial charge in [0.1, 0.15) is 5.76 Å². The molecule has 0 saturated heterocycles. The zero-order valence-electron chi connectivity index (χ0n) is 10.0. The van der Waals surface area contributed by atoms with Gasteiger partial charge >= 0.3 is 0 Å². The monoisotopic (exact) mass is 215 g/mol. The summed E-state index contributed by atoms with van der Waals surface area (Å²) >= 11 is 0. The average molecular weight is 215 g/mol. The van der Waals surface area contributed by atoms with Crippen LogP contribution in [-0.4, -0.2) is 0 Å². The molecule has 2 nitrogen and oxygen atoms in total. The van der Waals surface area contributed by atoms with Gasteiger partial charge in [-0.15, -0.1) is 0 Å². The number of furan rings is 1. The zero-order valence-corrected chi connectivity index (χ0v) is 10.0. The van der Waals surface area contributed by atoms with Crippen LogP contribution in [0.4, 0.5) is 5.69 Å². The molecule has 0 fully saturated rings. The molecular weight excluding hydrogens is 198 g/mol. The van der Waals surface area contributed by atoms with Crippen molar-refractivity contribution in [2.45, 2.75) is 27.3 Å². The summed E-state index contributed by atoms with van der Waals surface area (Å²) in [7, 11) is 0. The highest BCUT2D eigenvalue weighted by Gasteiger charge is 2.03. The van der Waals surface area contributed by atoms with Crippen LogP contribution in [0.15, 0.2) is 34.9 Å². The minimum absolute atomic E-state index is 0.739. The lowest BCUT2D eigenvalue weighted by molar-refractivity contribution is 0.515. The minimum Gasteiger partial charge on any atom is -0.467 e. The summed E-state index contributed by atoms with van der Waals surface area (Å²) in [6, 6.07) is 8.40. The highest BCUT2D eigenvalue weighted by Crippen LogP contribution is 2.18. The quantitative estimate of drug-likeness (QED) is 0.842. The molecule has 16 heavy (non-hydrogen) atoms. The molecule has 0 aliphatic carbocycles. The maximum Gasteiger partial charge on any atom is 0.125 e. The summed E-state index contributed by atoms with van der Waals surface area (Å²) in [5.41, 5.74) is 4.90. The lowest BCUT2D eigenvalue weighted by Gasteiger charge is -2.09. The summed E-state index contributed by atoms with van der Waals surface area (Å²) in [6.45, 7) is 7.01. The van der Waals surface area contributed by atoms with Crippen LogP contribution >= 0.6 is 0 Å². The van der Waals surface area contributed by atoms with E-state index >= 15 is 0 Å². The molecule has 1 N–H and O–H groups in total. The second-order valence-electron chi connectivity index (χ2n) is 4.20. The van der Waals surface area contributed by atoms with Crippen molar-refractivity contribution >= 4 is 5.69 Å². The van der Waals surface area contributed by atoms with Crippen LogP contribution in [-0.2, 0) is 6.54 Å². The van der Waals surface area contributed by atoms with Crippen LogP contribution in [0.25, 0.3) is 0 Å². The fourth-order valence-corrected chi connectivity index (χ4v) is 1.69. The smallest absolute Gasteiger partial charge is 0.125 e. The Kier molecular flexibility index (Phi) is 3.00. The molecule has 0 radical (unpaired) electrons. The van der Waals surface area contributed by atoms with E-state index in [1.807, 2.05) is 6.07 Å². The van der Waals surface area contributed by atoms with E-state index in [-0.39, 0.29) is 0 Å². The Bertz CT molecular complexity index is 485. The number of benzene rings is 1. The van der Waals surface area contributed by atoms with Gasteiger partial charge in [-0.1, -0.05) is 12.1 Å². The van der Waals surface area contributed by atoms with Crippen molar-refractivity contribution in [3.63, 3.8) is 0 Å². The first kappa shape index (κ1) is 10.8. The number of hydrogen-bond donors (Lipinski definition) is 1.